The second-order valence-electron chi connectivity index (χ2n) is 12.5. The lowest BCUT2D eigenvalue weighted by Crippen LogP contribution is -2.62. The molecular weight excluding hydrogens is 514 g/mol. The lowest BCUT2D eigenvalue weighted by atomic mass is 9.65. The standard InChI is InChI=1S/C34H39N3O4/c1-35(2)31(39)29-21-37(30(38)20-27(29)25-13-7-4-8-14-25)23-34(41)17-18-36(22-33(34)15-9-10-16-33)32(40)28-19-26(28)24-11-5-3-6-12-24/h3-8,11-14,20-21,26,28,41H,9-10,15-19,22-23H2,1-2H3/t26-,28?,34?/m1/s1. The van der Waals surface area contributed by atoms with Gasteiger partial charge in [-0.2, -0.15) is 0 Å². The molecule has 1 N–H and O–H groups in total. The number of carbonyl (C=O) groups is 2. The van der Waals surface area contributed by atoms with Gasteiger partial charge in [-0.25, -0.2) is 0 Å². The van der Waals surface area contributed by atoms with Crippen LogP contribution in [0, 0.1) is 11.3 Å². The molecule has 41 heavy (non-hydrogen) atoms. The first-order valence-electron chi connectivity index (χ1n) is 14.8. The molecule has 3 fully saturated rings. The van der Waals surface area contributed by atoms with Crippen molar-refractivity contribution in [2.24, 2.45) is 11.3 Å². The third-order valence-electron chi connectivity index (χ3n) is 9.76. The fourth-order valence-corrected chi connectivity index (χ4v) is 7.30. The SMILES string of the molecule is CN(C)C(=O)c1cn(CC2(O)CCN(C(=O)C3C[C@@H]3c3ccccc3)CC23CCCC3)c(=O)cc1-c1ccccc1. The summed E-state index contributed by atoms with van der Waals surface area (Å²) < 4.78 is 1.52. The first-order chi connectivity index (χ1) is 19.7. The summed E-state index contributed by atoms with van der Waals surface area (Å²) >= 11 is 0. The van der Waals surface area contributed by atoms with Gasteiger partial charge in [0.25, 0.3) is 11.5 Å². The van der Waals surface area contributed by atoms with Gasteiger partial charge in [0.05, 0.1) is 17.7 Å². The number of hydrogen-bond donors (Lipinski definition) is 1. The minimum Gasteiger partial charge on any atom is -0.387 e. The Hall–Kier alpha value is -3.71. The summed E-state index contributed by atoms with van der Waals surface area (Å²) in [6, 6.07) is 21.2. The monoisotopic (exact) mass is 553 g/mol. The third-order valence-corrected chi connectivity index (χ3v) is 9.76. The van der Waals surface area contributed by atoms with Crippen LogP contribution in [0.1, 0.15) is 60.4 Å². The van der Waals surface area contributed by atoms with Gasteiger partial charge in [-0.1, -0.05) is 73.5 Å². The maximum absolute atomic E-state index is 13.6. The highest BCUT2D eigenvalue weighted by molar-refractivity contribution is 6.00. The second kappa shape index (κ2) is 10.6. The van der Waals surface area contributed by atoms with Crippen LogP contribution in [-0.2, 0) is 11.3 Å². The molecule has 3 atom stereocenters. The van der Waals surface area contributed by atoms with Crippen LogP contribution in [0.3, 0.4) is 0 Å². The third kappa shape index (κ3) is 5.01. The maximum Gasteiger partial charge on any atom is 0.255 e. The Morgan fingerprint density at radius 1 is 0.976 bits per heavy atom. The number of piperidine rings is 1. The average Bonchev–Trinajstić information content (AvgIpc) is 3.65. The number of carbonyl (C=O) groups excluding carboxylic acids is 2. The zero-order chi connectivity index (χ0) is 28.8. The van der Waals surface area contributed by atoms with E-state index in [9.17, 15) is 19.5 Å². The van der Waals surface area contributed by atoms with E-state index in [0.29, 0.717) is 30.6 Å². The van der Waals surface area contributed by atoms with Crippen LogP contribution in [0.5, 0.6) is 0 Å². The molecule has 214 valence electrons. The van der Waals surface area contributed by atoms with Gasteiger partial charge in [0.15, 0.2) is 0 Å². The number of rotatable bonds is 6. The number of pyridine rings is 1. The van der Waals surface area contributed by atoms with Gasteiger partial charge >= 0.3 is 0 Å². The minimum absolute atomic E-state index is 0.00907. The van der Waals surface area contributed by atoms with Crippen molar-refractivity contribution in [2.75, 3.05) is 27.2 Å². The van der Waals surface area contributed by atoms with Crippen LogP contribution >= 0.6 is 0 Å². The number of aliphatic hydroxyl groups is 1. The Balaban J connectivity index is 1.27. The highest BCUT2D eigenvalue weighted by Gasteiger charge is 2.57. The molecule has 2 aliphatic carbocycles. The van der Waals surface area contributed by atoms with E-state index in [1.54, 1.807) is 20.3 Å². The van der Waals surface area contributed by atoms with E-state index in [2.05, 4.69) is 12.1 Å². The van der Waals surface area contributed by atoms with E-state index in [1.165, 1.54) is 21.1 Å². The van der Waals surface area contributed by atoms with Gasteiger partial charge < -0.3 is 19.5 Å². The van der Waals surface area contributed by atoms with Gasteiger partial charge in [-0.3, -0.25) is 14.4 Å². The second-order valence-corrected chi connectivity index (χ2v) is 12.5. The molecule has 7 nitrogen and oxygen atoms in total. The molecule has 2 unspecified atom stereocenters. The summed E-state index contributed by atoms with van der Waals surface area (Å²) in [5.74, 6) is 0.279. The zero-order valence-corrected chi connectivity index (χ0v) is 24.0. The van der Waals surface area contributed by atoms with Crippen molar-refractivity contribution in [3.05, 3.63) is 94.4 Å². The summed E-state index contributed by atoms with van der Waals surface area (Å²) in [5.41, 5.74) is 1.16. The Morgan fingerprint density at radius 3 is 2.29 bits per heavy atom. The van der Waals surface area contributed by atoms with Crippen molar-refractivity contribution >= 4 is 11.8 Å². The molecule has 1 saturated heterocycles. The molecule has 0 bridgehead atoms. The van der Waals surface area contributed by atoms with Gasteiger partial charge in [0.1, 0.15) is 0 Å². The van der Waals surface area contributed by atoms with Crippen molar-refractivity contribution in [1.29, 1.82) is 0 Å². The highest BCUT2D eigenvalue weighted by atomic mass is 16.3. The lowest BCUT2D eigenvalue weighted by molar-refractivity contribution is -0.161. The van der Waals surface area contributed by atoms with Crippen LogP contribution in [0.25, 0.3) is 11.1 Å². The predicted octanol–water partition coefficient (Wildman–Crippen LogP) is 4.54. The summed E-state index contributed by atoms with van der Waals surface area (Å²) in [6.45, 7) is 1.09. The van der Waals surface area contributed by atoms with Crippen LogP contribution in [0.4, 0.5) is 0 Å². The number of amides is 2. The Labute approximate surface area is 241 Å². The van der Waals surface area contributed by atoms with E-state index in [1.807, 2.05) is 53.4 Å². The first-order valence-corrected chi connectivity index (χ1v) is 14.8. The van der Waals surface area contributed by atoms with Crippen molar-refractivity contribution < 1.29 is 14.7 Å². The van der Waals surface area contributed by atoms with E-state index in [0.717, 1.165) is 37.7 Å². The number of benzene rings is 2. The molecule has 0 radical (unpaired) electrons. The lowest BCUT2D eigenvalue weighted by Gasteiger charge is -2.52. The fourth-order valence-electron chi connectivity index (χ4n) is 7.30. The van der Waals surface area contributed by atoms with Gasteiger partial charge in [0.2, 0.25) is 5.91 Å². The molecule has 1 aromatic heterocycles. The minimum atomic E-state index is -1.15. The Bertz CT molecular complexity index is 1490. The van der Waals surface area contributed by atoms with E-state index in [-0.39, 0.29) is 35.8 Å². The molecular formula is C34H39N3O4. The predicted molar refractivity (Wildman–Crippen MR) is 158 cm³/mol. The van der Waals surface area contributed by atoms with E-state index >= 15 is 0 Å². The number of likely N-dealkylation sites (tertiary alicyclic amines) is 1. The molecule has 2 aromatic carbocycles. The Kier molecular flexibility index (Phi) is 7.10. The zero-order valence-electron chi connectivity index (χ0n) is 24.0. The molecule has 1 aliphatic heterocycles. The van der Waals surface area contributed by atoms with Crippen molar-refractivity contribution in [3.8, 4) is 11.1 Å². The van der Waals surface area contributed by atoms with Crippen LogP contribution in [-0.4, -0.2) is 64.1 Å². The van der Waals surface area contributed by atoms with Crippen LogP contribution in [0.15, 0.2) is 77.7 Å². The average molecular weight is 554 g/mol. The molecule has 2 saturated carbocycles. The van der Waals surface area contributed by atoms with Crippen molar-refractivity contribution in [2.45, 2.75) is 56.6 Å². The number of nitrogens with zero attached hydrogens (tertiary/aromatic N) is 3. The van der Waals surface area contributed by atoms with Gasteiger partial charge in [-0.15, -0.1) is 0 Å². The Morgan fingerprint density at radius 2 is 1.63 bits per heavy atom. The number of hydrogen-bond acceptors (Lipinski definition) is 4. The van der Waals surface area contributed by atoms with Crippen molar-refractivity contribution in [1.82, 2.24) is 14.4 Å². The molecule has 6 rings (SSSR count). The highest BCUT2D eigenvalue weighted by Crippen LogP contribution is 2.54. The van der Waals surface area contributed by atoms with Crippen LogP contribution in [0.2, 0.25) is 0 Å². The first kappa shape index (κ1) is 27.5. The smallest absolute Gasteiger partial charge is 0.255 e. The maximum atomic E-state index is 13.6. The van der Waals surface area contributed by atoms with Crippen molar-refractivity contribution in [3.63, 3.8) is 0 Å². The van der Waals surface area contributed by atoms with Gasteiger partial charge in [-0.05, 0) is 42.7 Å². The van der Waals surface area contributed by atoms with E-state index < -0.39 is 11.0 Å². The molecule has 3 aromatic rings. The summed E-state index contributed by atoms with van der Waals surface area (Å²) in [7, 11) is 3.39. The molecule has 7 heteroatoms. The van der Waals surface area contributed by atoms with Gasteiger partial charge in [0, 0.05) is 56.3 Å². The topological polar surface area (TPSA) is 82.8 Å². The summed E-state index contributed by atoms with van der Waals surface area (Å²) in [6.07, 6.45) is 6.54. The van der Waals surface area contributed by atoms with E-state index in [4.69, 9.17) is 0 Å². The summed E-state index contributed by atoms with van der Waals surface area (Å²) in [4.78, 5) is 43.8. The fraction of sp³-hybridized carbons (Fsp3) is 0.441. The summed E-state index contributed by atoms with van der Waals surface area (Å²) in [5, 5.41) is 12.3. The normalized spacial score (nSPS) is 24.8. The molecule has 3 aliphatic rings. The van der Waals surface area contributed by atoms with Crippen LogP contribution < -0.4 is 5.56 Å². The molecule has 2 amide bonds. The molecule has 2 heterocycles. The number of aromatic nitrogens is 1. The molecule has 1 spiro atoms. The largest absolute Gasteiger partial charge is 0.387 e. The quantitative estimate of drug-likeness (QED) is 0.486.